The minimum absolute atomic E-state index is 0.0000837. The smallest absolute Gasteiger partial charge is 0.335 e. The molecule has 338 valence electrons. The Morgan fingerprint density at radius 1 is 0.567 bits per heavy atom. The highest BCUT2D eigenvalue weighted by molar-refractivity contribution is 5.88. The molecule has 18 nitrogen and oxygen atoms in total. The molecule has 0 spiro atoms. The van der Waals surface area contributed by atoms with Crippen molar-refractivity contribution in [3.05, 3.63) is 29.8 Å². The zero-order chi connectivity index (χ0) is 44.4. The minimum Gasteiger partial charge on any atom is -0.494 e. The average Bonchev–Trinajstić information content (AvgIpc) is 3.20. The van der Waals surface area contributed by atoms with Gasteiger partial charge < -0.3 is 54.4 Å². The highest BCUT2D eigenvalue weighted by Crippen LogP contribution is 2.15. The largest absolute Gasteiger partial charge is 0.494 e. The molecule has 1 rings (SSSR count). The summed E-state index contributed by atoms with van der Waals surface area (Å²) in [5.41, 5.74) is 0.212. The number of ether oxygens (including phenoxy) is 5. The highest BCUT2D eigenvalue weighted by atomic mass is 16.5. The number of ketones is 3. The summed E-state index contributed by atoms with van der Waals surface area (Å²) < 4.78 is 26.9. The van der Waals surface area contributed by atoms with Crippen molar-refractivity contribution in [2.24, 2.45) is 5.92 Å². The van der Waals surface area contributed by atoms with E-state index in [1.54, 1.807) is 12.1 Å². The molecule has 2 amide bonds. The lowest BCUT2D eigenvalue weighted by atomic mass is 9.96. The monoisotopic (exact) mass is 852 g/mol. The van der Waals surface area contributed by atoms with Crippen LogP contribution in [0, 0.1) is 5.92 Å². The predicted octanol–water partition coefficient (Wildman–Crippen LogP) is 3.80. The molecule has 60 heavy (non-hydrogen) atoms. The average molecular weight is 853 g/mol. The molecule has 0 saturated heterocycles. The van der Waals surface area contributed by atoms with Gasteiger partial charge in [-0.1, -0.05) is 32.1 Å². The first-order valence-electron chi connectivity index (χ1n) is 20.6. The summed E-state index contributed by atoms with van der Waals surface area (Å²) in [5.74, 6) is -4.95. The lowest BCUT2D eigenvalue weighted by Gasteiger charge is -2.14. The maximum Gasteiger partial charge on any atom is 0.335 e. The van der Waals surface area contributed by atoms with Gasteiger partial charge in [0.25, 0.3) is 0 Å². The van der Waals surface area contributed by atoms with E-state index in [0.29, 0.717) is 25.2 Å². The van der Waals surface area contributed by atoms with Gasteiger partial charge in [0.1, 0.15) is 36.6 Å². The van der Waals surface area contributed by atoms with E-state index in [2.05, 4.69) is 10.6 Å². The highest BCUT2D eigenvalue weighted by Gasteiger charge is 2.22. The van der Waals surface area contributed by atoms with Crippen molar-refractivity contribution in [1.29, 1.82) is 0 Å². The Kier molecular flexibility index (Phi) is 30.2. The van der Waals surface area contributed by atoms with Gasteiger partial charge in [0.2, 0.25) is 11.8 Å². The summed E-state index contributed by atoms with van der Waals surface area (Å²) >= 11 is 0. The summed E-state index contributed by atoms with van der Waals surface area (Å²) in [6.07, 6.45) is 7.16. The Balaban J connectivity index is 1.97. The lowest BCUT2D eigenvalue weighted by molar-refractivity contribution is -0.144. The maximum atomic E-state index is 12.3. The van der Waals surface area contributed by atoms with Crippen LogP contribution in [0.3, 0.4) is 0 Å². The molecule has 0 bridgehead atoms. The van der Waals surface area contributed by atoms with Gasteiger partial charge in [-0.2, -0.15) is 0 Å². The van der Waals surface area contributed by atoms with Crippen molar-refractivity contribution in [1.82, 2.24) is 10.6 Å². The van der Waals surface area contributed by atoms with Crippen LogP contribution in [0.1, 0.15) is 114 Å². The van der Waals surface area contributed by atoms with Crippen molar-refractivity contribution in [3.63, 3.8) is 0 Å². The number of amides is 2. The number of nitrogens with one attached hydrogen (secondary N) is 2. The van der Waals surface area contributed by atoms with Crippen LogP contribution < -0.4 is 15.4 Å². The number of hydrogen-bond donors (Lipinski definition) is 5. The third-order valence-electron chi connectivity index (χ3n) is 8.98. The summed E-state index contributed by atoms with van der Waals surface area (Å²) in [5, 5.41) is 32.8. The molecule has 1 aromatic rings. The Labute approximate surface area is 351 Å². The molecule has 0 aliphatic rings. The van der Waals surface area contributed by atoms with Gasteiger partial charge in [-0.15, -0.1) is 0 Å². The molecule has 0 fully saturated rings. The van der Waals surface area contributed by atoms with Gasteiger partial charge >= 0.3 is 17.9 Å². The van der Waals surface area contributed by atoms with Crippen molar-refractivity contribution in [2.45, 2.75) is 109 Å². The fourth-order valence-electron chi connectivity index (χ4n) is 5.61. The number of hydrogen-bond acceptors (Lipinski definition) is 13. The molecule has 0 unspecified atom stereocenters. The Morgan fingerprint density at radius 2 is 1.18 bits per heavy atom. The van der Waals surface area contributed by atoms with Gasteiger partial charge in [-0.05, 0) is 63.3 Å². The van der Waals surface area contributed by atoms with Crippen LogP contribution in [0.25, 0.3) is 0 Å². The topological polar surface area (TPSA) is 267 Å². The summed E-state index contributed by atoms with van der Waals surface area (Å²) in [6, 6.07) is 5.15. The van der Waals surface area contributed by atoms with Crippen LogP contribution >= 0.6 is 0 Å². The zero-order valence-corrected chi connectivity index (χ0v) is 34.8. The molecule has 18 heteroatoms. The van der Waals surface area contributed by atoms with Gasteiger partial charge in [-0.3, -0.25) is 24.0 Å². The van der Waals surface area contributed by atoms with E-state index in [9.17, 15) is 48.6 Å². The van der Waals surface area contributed by atoms with Crippen molar-refractivity contribution >= 4 is 47.1 Å². The summed E-state index contributed by atoms with van der Waals surface area (Å²) in [7, 11) is 0. The number of carboxylic acids is 3. The number of unbranched alkanes of at least 4 members (excludes halogenated alkanes) is 6. The fraction of sp³-hybridized carbons (Fsp3) is 0.667. The standard InChI is InChI=1S/C42H64N2O16/c1-31(45)12-13-33(41(52)53)28-35(47)29-58-26-25-57-23-20-43-39(49)30-59-27-24-56-21-9-10-34(46)16-19-37(42(54)55)44-38(48)11-7-5-3-2-4-6-8-22-60-36-17-14-32(15-18-36)40(50)51/h14-15,17-18,33,37H,2-13,16,19-30H2,1H3,(H,43,49)(H,44,48)(H,50,51)(H,52,53)(H,54,55)/t33-,37+/m1/s1. The third kappa shape index (κ3) is 29.4. The molecule has 0 heterocycles. The van der Waals surface area contributed by atoms with E-state index >= 15 is 0 Å². The SMILES string of the molecule is CC(=O)CC[C@H](CC(=O)COCCOCCNC(=O)COCCOCCCC(=O)CC[C@H](NC(=O)CCCCCCCCCOc1ccc(C(=O)O)cc1)C(=O)O)C(=O)O. The third-order valence-corrected chi connectivity index (χ3v) is 8.98. The van der Waals surface area contributed by atoms with Gasteiger partial charge in [-0.25, -0.2) is 9.59 Å². The maximum absolute atomic E-state index is 12.3. The Bertz CT molecular complexity index is 1450. The molecule has 1 aromatic carbocycles. The second-order valence-corrected chi connectivity index (χ2v) is 14.2. The summed E-state index contributed by atoms with van der Waals surface area (Å²) in [4.78, 5) is 93.3. The second-order valence-electron chi connectivity index (χ2n) is 14.2. The molecule has 0 aliphatic carbocycles. The molecule has 0 aliphatic heterocycles. The number of carboxylic acid groups (broad SMARTS) is 3. The van der Waals surface area contributed by atoms with E-state index in [0.717, 1.165) is 38.5 Å². The zero-order valence-electron chi connectivity index (χ0n) is 34.8. The normalized spacial score (nSPS) is 11.9. The molecule has 0 aromatic heterocycles. The van der Waals surface area contributed by atoms with Gasteiger partial charge in [0, 0.05) is 45.3 Å². The number of aliphatic carboxylic acids is 2. The molecule has 2 atom stereocenters. The quantitative estimate of drug-likeness (QED) is 0.0588. The van der Waals surface area contributed by atoms with E-state index in [1.165, 1.54) is 19.1 Å². The first kappa shape index (κ1) is 53.2. The molecule has 5 N–H and O–H groups in total. The minimum atomic E-state index is -1.19. The van der Waals surface area contributed by atoms with Gasteiger partial charge in [0.15, 0.2) is 5.78 Å². The molecular formula is C42H64N2O16. The van der Waals surface area contributed by atoms with Crippen molar-refractivity contribution < 1.29 is 77.4 Å². The summed E-state index contributed by atoms with van der Waals surface area (Å²) in [6.45, 7) is 2.80. The second kappa shape index (κ2) is 34.0. The van der Waals surface area contributed by atoms with Crippen molar-refractivity contribution in [3.8, 4) is 5.75 Å². The van der Waals surface area contributed by atoms with E-state index in [-0.39, 0.29) is 139 Å². The fourth-order valence-corrected chi connectivity index (χ4v) is 5.61. The number of Topliss-reactive ketones (excluding diaryl/α,β-unsaturated/α-hetero) is 3. The van der Waals surface area contributed by atoms with Gasteiger partial charge in [0.05, 0.1) is 51.1 Å². The number of carbonyl (C=O) groups is 8. The number of benzene rings is 1. The van der Waals surface area contributed by atoms with E-state index < -0.39 is 29.9 Å². The van der Waals surface area contributed by atoms with Crippen LogP contribution in [0.2, 0.25) is 0 Å². The first-order chi connectivity index (χ1) is 28.8. The van der Waals surface area contributed by atoms with E-state index in [4.69, 9.17) is 28.8 Å². The number of aromatic carboxylic acids is 1. The van der Waals surface area contributed by atoms with Crippen LogP contribution in [0.15, 0.2) is 24.3 Å². The Hall–Kier alpha value is -4.78. The predicted molar refractivity (Wildman–Crippen MR) is 216 cm³/mol. The van der Waals surface area contributed by atoms with Crippen LogP contribution in [-0.2, 0) is 52.5 Å². The molecule has 0 radical (unpaired) electrons. The van der Waals surface area contributed by atoms with Crippen LogP contribution in [-0.4, -0.2) is 134 Å². The first-order valence-corrected chi connectivity index (χ1v) is 20.6. The van der Waals surface area contributed by atoms with Crippen LogP contribution in [0.5, 0.6) is 5.75 Å². The number of rotatable bonds is 40. The van der Waals surface area contributed by atoms with Crippen LogP contribution in [0.4, 0.5) is 0 Å². The lowest BCUT2D eigenvalue weighted by Crippen LogP contribution is -2.41. The van der Waals surface area contributed by atoms with E-state index in [1.807, 2.05) is 0 Å². The number of carbonyl (C=O) groups excluding carboxylic acids is 5. The molecular weight excluding hydrogens is 788 g/mol. The van der Waals surface area contributed by atoms with Crippen molar-refractivity contribution in [2.75, 3.05) is 66.0 Å². The Morgan fingerprint density at radius 3 is 1.82 bits per heavy atom. The molecule has 0 saturated carbocycles.